The zero-order valence-corrected chi connectivity index (χ0v) is 21.1. The van der Waals surface area contributed by atoms with Crippen molar-refractivity contribution in [3.8, 4) is 0 Å². The third kappa shape index (κ3) is 9.73. The molecule has 0 unspecified atom stereocenters. The van der Waals surface area contributed by atoms with Gasteiger partial charge in [-0.1, -0.05) is 41.5 Å². The minimum Gasteiger partial charge on any atom is -0.542 e. The van der Waals surface area contributed by atoms with Crippen molar-refractivity contribution >= 4 is 17.9 Å². The van der Waals surface area contributed by atoms with E-state index in [1.807, 2.05) is 41.5 Å². The normalized spacial score (nSPS) is 10.1. The van der Waals surface area contributed by atoms with Crippen molar-refractivity contribution in [2.75, 3.05) is 0 Å². The molecular formula is C24H27CrO9. The number of carboxylic acids is 3. The molecule has 9 nitrogen and oxygen atoms in total. The molecule has 3 heterocycles. The first-order valence-corrected chi connectivity index (χ1v) is 10.3. The molecule has 0 saturated carbocycles. The van der Waals surface area contributed by atoms with Gasteiger partial charge >= 0.3 is 17.4 Å². The fraction of sp³-hybridized carbons (Fsp3) is 0.375. The van der Waals surface area contributed by atoms with Crippen LogP contribution < -0.4 is 15.3 Å². The second kappa shape index (κ2) is 14.1. The predicted molar refractivity (Wildman–Crippen MR) is 111 cm³/mol. The van der Waals surface area contributed by atoms with Gasteiger partial charge in [0, 0.05) is 17.8 Å². The Morgan fingerprint density at radius 2 is 0.735 bits per heavy atom. The van der Waals surface area contributed by atoms with Gasteiger partial charge in [-0.05, 0) is 36.4 Å². The third-order valence-corrected chi connectivity index (χ3v) is 4.19. The van der Waals surface area contributed by atoms with E-state index in [0.29, 0.717) is 17.3 Å². The zero-order chi connectivity index (χ0) is 25.3. The van der Waals surface area contributed by atoms with E-state index < -0.39 is 17.9 Å². The van der Waals surface area contributed by atoms with E-state index in [1.54, 1.807) is 18.2 Å². The Morgan fingerprint density at radius 1 is 0.529 bits per heavy atom. The molecule has 0 fully saturated rings. The first-order chi connectivity index (χ1) is 15.3. The van der Waals surface area contributed by atoms with Gasteiger partial charge in [0.15, 0.2) is 0 Å². The molecule has 10 heteroatoms. The SMILES string of the molecule is CC(C)c1ccc(C(=O)[O-])o1.CC(C)c1ccc(C(=O)[O-])o1.CC(C)c1ccc(C(=O)[O-])o1.[Cr+3]. The van der Waals surface area contributed by atoms with E-state index in [4.69, 9.17) is 13.3 Å². The Balaban J connectivity index is 0.000000473. The summed E-state index contributed by atoms with van der Waals surface area (Å²) in [6.07, 6.45) is 0. The van der Waals surface area contributed by atoms with Gasteiger partial charge in [0.2, 0.25) is 0 Å². The van der Waals surface area contributed by atoms with E-state index in [-0.39, 0.29) is 52.4 Å². The molecule has 0 aliphatic rings. The van der Waals surface area contributed by atoms with Crippen LogP contribution >= 0.6 is 0 Å². The third-order valence-electron chi connectivity index (χ3n) is 4.19. The molecule has 0 aromatic carbocycles. The summed E-state index contributed by atoms with van der Waals surface area (Å²) >= 11 is 0. The van der Waals surface area contributed by atoms with Crippen molar-refractivity contribution < 1.29 is 60.3 Å². The smallest absolute Gasteiger partial charge is 0.542 e. The molecule has 0 bridgehead atoms. The van der Waals surface area contributed by atoms with Gasteiger partial charge in [0.25, 0.3) is 0 Å². The summed E-state index contributed by atoms with van der Waals surface area (Å²) < 4.78 is 14.8. The van der Waals surface area contributed by atoms with Crippen molar-refractivity contribution in [2.24, 2.45) is 0 Å². The minimum atomic E-state index is -1.27. The summed E-state index contributed by atoms with van der Waals surface area (Å²) in [5, 5.41) is 30.7. The number of rotatable bonds is 6. The maximum atomic E-state index is 10.2. The summed E-state index contributed by atoms with van der Waals surface area (Å²) in [6, 6.07) is 9.17. The van der Waals surface area contributed by atoms with E-state index in [9.17, 15) is 29.7 Å². The van der Waals surface area contributed by atoms with Gasteiger partial charge < -0.3 is 43.0 Å². The fourth-order valence-corrected chi connectivity index (χ4v) is 2.32. The van der Waals surface area contributed by atoms with Gasteiger partial charge in [-0.2, -0.15) is 0 Å². The first-order valence-electron chi connectivity index (χ1n) is 10.3. The molecule has 0 aliphatic carbocycles. The molecule has 183 valence electrons. The predicted octanol–water partition coefficient (Wildman–Crippen LogP) is 2.30. The largest absolute Gasteiger partial charge is 3.00 e. The van der Waals surface area contributed by atoms with E-state index in [1.165, 1.54) is 18.2 Å². The molecule has 1 radical (unpaired) electrons. The van der Waals surface area contributed by atoms with Gasteiger partial charge in [-0.15, -0.1) is 0 Å². The molecular weight excluding hydrogens is 484 g/mol. The summed E-state index contributed by atoms with van der Waals surface area (Å²) in [5.41, 5.74) is 0. The van der Waals surface area contributed by atoms with Crippen LogP contribution in [0.25, 0.3) is 0 Å². The Kier molecular flexibility index (Phi) is 12.8. The molecule has 3 aromatic heterocycles. The van der Waals surface area contributed by atoms with Crippen molar-refractivity contribution in [3.63, 3.8) is 0 Å². The van der Waals surface area contributed by atoms with Crippen LogP contribution in [0.4, 0.5) is 0 Å². The van der Waals surface area contributed by atoms with E-state index >= 15 is 0 Å². The zero-order valence-electron chi connectivity index (χ0n) is 19.8. The van der Waals surface area contributed by atoms with E-state index in [2.05, 4.69) is 0 Å². The number of carbonyl (C=O) groups is 3. The van der Waals surface area contributed by atoms with Crippen LogP contribution in [-0.4, -0.2) is 17.9 Å². The van der Waals surface area contributed by atoms with Crippen LogP contribution in [0.3, 0.4) is 0 Å². The van der Waals surface area contributed by atoms with Crippen molar-refractivity contribution in [2.45, 2.75) is 59.3 Å². The minimum absolute atomic E-state index is 0. The number of hydrogen-bond acceptors (Lipinski definition) is 9. The molecule has 0 spiro atoms. The van der Waals surface area contributed by atoms with Crippen molar-refractivity contribution in [1.82, 2.24) is 0 Å². The number of aromatic carboxylic acids is 3. The van der Waals surface area contributed by atoms with Crippen molar-refractivity contribution in [3.05, 3.63) is 71.0 Å². The average molecular weight is 511 g/mol. The number of carboxylic acid groups (broad SMARTS) is 3. The fourth-order valence-electron chi connectivity index (χ4n) is 2.32. The Bertz CT molecular complexity index is 920. The molecule has 0 saturated heterocycles. The number of hydrogen-bond donors (Lipinski definition) is 0. The monoisotopic (exact) mass is 511 g/mol. The second-order valence-corrected chi connectivity index (χ2v) is 7.93. The standard InChI is InChI=1S/3C8H10O3.Cr/c3*1-5(2)6-3-4-7(11-6)8(9)10;/h3*3-5H,1-2H3,(H,9,10);/q;;;+3/p-3. The molecule has 0 aliphatic heterocycles. The maximum Gasteiger partial charge on any atom is 3.00 e. The molecule has 3 rings (SSSR count). The van der Waals surface area contributed by atoms with Gasteiger partial charge in [-0.25, -0.2) is 0 Å². The van der Waals surface area contributed by atoms with Gasteiger partial charge in [0.05, 0.1) is 0 Å². The van der Waals surface area contributed by atoms with Crippen LogP contribution in [0, 0.1) is 0 Å². The number of carbonyl (C=O) groups excluding carboxylic acids is 3. The van der Waals surface area contributed by atoms with Gasteiger partial charge in [0.1, 0.15) is 52.5 Å². The summed E-state index contributed by atoms with van der Waals surface area (Å²) in [6.45, 7) is 11.6. The van der Waals surface area contributed by atoms with Crippen LogP contribution in [0.2, 0.25) is 0 Å². The Morgan fingerprint density at radius 3 is 0.824 bits per heavy atom. The first kappa shape index (κ1) is 30.8. The van der Waals surface area contributed by atoms with Crippen molar-refractivity contribution in [1.29, 1.82) is 0 Å². The van der Waals surface area contributed by atoms with Crippen LogP contribution in [0.5, 0.6) is 0 Å². The molecule has 0 amide bonds. The average Bonchev–Trinajstić information content (AvgIpc) is 3.49. The maximum absolute atomic E-state index is 10.2. The molecule has 0 N–H and O–H groups in total. The second-order valence-electron chi connectivity index (χ2n) is 7.93. The van der Waals surface area contributed by atoms with E-state index in [0.717, 1.165) is 0 Å². The van der Waals surface area contributed by atoms with Crippen LogP contribution in [-0.2, 0) is 17.4 Å². The quantitative estimate of drug-likeness (QED) is 0.484. The summed E-state index contributed by atoms with van der Waals surface area (Å²) in [5.74, 6) is -1.46. The van der Waals surface area contributed by atoms with Crippen LogP contribution in [0.1, 0.15) is 108 Å². The van der Waals surface area contributed by atoms with Crippen LogP contribution in [0.15, 0.2) is 49.6 Å². The Hall–Kier alpha value is -3.22. The number of furan rings is 3. The molecule has 0 atom stereocenters. The topological polar surface area (TPSA) is 160 Å². The Labute approximate surface area is 208 Å². The summed E-state index contributed by atoms with van der Waals surface area (Å²) in [4.78, 5) is 30.7. The van der Waals surface area contributed by atoms with Gasteiger partial charge in [-0.3, -0.25) is 0 Å². The summed E-state index contributed by atoms with van der Waals surface area (Å²) in [7, 11) is 0. The molecule has 34 heavy (non-hydrogen) atoms. The molecule has 3 aromatic rings.